The van der Waals surface area contributed by atoms with Gasteiger partial charge in [0.25, 0.3) is 5.91 Å². The first-order valence-corrected chi connectivity index (χ1v) is 9.35. The van der Waals surface area contributed by atoms with Crippen LogP contribution < -0.4 is 10.1 Å². The number of methoxy groups -OCH3 is 1. The van der Waals surface area contributed by atoms with E-state index in [9.17, 15) is 9.59 Å². The number of ether oxygens (including phenoxy) is 1. The Bertz CT molecular complexity index is 843. The van der Waals surface area contributed by atoms with Gasteiger partial charge in [0, 0.05) is 30.8 Å². The minimum Gasteiger partial charge on any atom is -0.497 e. The van der Waals surface area contributed by atoms with Crippen molar-refractivity contribution in [2.24, 2.45) is 5.92 Å². The third-order valence-corrected chi connectivity index (χ3v) is 5.09. The van der Waals surface area contributed by atoms with Crippen LogP contribution in [-0.4, -0.2) is 48.1 Å². The monoisotopic (exact) mass is 369 g/mol. The lowest BCUT2D eigenvalue weighted by atomic mass is 9.96. The molecule has 2 heterocycles. The molecule has 142 valence electrons. The molecule has 2 fully saturated rings. The summed E-state index contributed by atoms with van der Waals surface area (Å²) in [5.41, 5.74) is 1.05. The third-order valence-electron chi connectivity index (χ3n) is 5.09. The molecule has 7 heteroatoms. The molecule has 1 aliphatic heterocycles. The van der Waals surface area contributed by atoms with E-state index in [-0.39, 0.29) is 23.4 Å². The molecule has 2 amide bonds. The highest BCUT2D eigenvalue weighted by molar-refractivity contribution is 5.93. The molecule has 7 nitrogen and oxygen atoms in total. The van der Waals surface area contributed by atoms with Crippen LogP contribution in [0.5, 0.6) is 5.75 Å². The van der Waals surface area contributed by atoms with E-state index in [1.807, 2.05) is 24.3 Å². The van der Waals surface area contributed by atoms with Crippen LogP contribution in [-0.2, 0) is 4.79 Å². The van der Waals surface area contributed by atoms with Crippen LogP contribution in [0.15, 0.2) is 34.9 Å². The van der Waals surface area contributed by atoms with Crippen LogP contribution in [0.4, 0.5) is 0 Å². The molecule has 2 aromatic rings. The standard InChI is InChI=1S/C20H23N3O4/c1-26-16-6-2-4-13(10-16)18-11-17(22-27-18)20(25)23-9-3-5-14(12-23)19(24)21-15-7-8-15/h2,4,6,10-11,14-15H,3,5,7-9,12H2,1H3,(H,21,24). The Balaban J connectivity index is 1.44. The van der Waals surface area contributed by atoms with E-state index in [0.717, 1.165) is 31.2 Å². The Morgan fingerprint density at radius 3 is 2.89 bits per heavy atom. The van der Waals surface area contributed by atoms with Gasteiger partial charge < -0.3 is 19.5 Å². The Morgan fingerprint density at radius 2 is 2.11 bits per heavy atom. The topological polar surface area (TPSA) is 84.7 Å². The average molecular weight is 369 g/mol. The predicted molar refractivity (Wildman–Crippen MR) is 98.3 cm³/mol. The summed E-state index contributed by atoms with van der Waals surface area (Å²) in [4.78, 5) is 26.8. The third kappa shape index (κ3) is 3.97. The SMILES string of the molecule is COc1cccc(-c2cc(C(=O)N3CCCC(C(=O)NC4CC4)C3)no2)c1. The van der Waals surface area contributed by atoms with Gasteiger partial charge in [-0.15, -0.1) is 0 Å². The second-order valence-electron chi connectivity index (χ2n) is 7.18. The molecule has 27 heavy (non-hydrogen) atoms. The summed E-state index contributed by atoms with van der Waals surface area (Å²) in [6.45, 7) is 1.06. The highest BCUT2D eigenvalue weighted by Crippen LogP contribution is 2.26. The lowest BCUT2D eigenvalue weighted by Gasteiger charge is -2.31. The number of piperidine rings is 1. The second kappa shape index (κ2) is 7.42. The zero-order chi connectivity index (χ0) is 18.8. The smallest absolute Gasteiger partial charge is 0.276 e. The number of carbonyl (C=O) groups excluding carboxylic acids is 2. The zero-order valence-electron chi connectivity index (χ0n) is 15.3. The maximum Gasteiger partial charge on any atom is 0.276 e. The summed E-state index contributed by atoms with van der Waals surface area (Å²) < 4.78 is 10.6. The molecule has 1 atom stereocenters. The fourth-order valence-electron chi connectivity index (χ4n) is 3.37. The maximum atomic E-state index is 12.8. The molecule has 1 aromatic heterocycles. The van der Waals surface area contributed by atoms with Crippen molar-refractivity contribution in [1.82, 2.24) is 15.4 Å². The summed E-state index contributed by atoms with van der Waals surface area (Å²) in [5.74, 6) is 0.937. The molecule has 0 spiro atoms. The highest BCUT2D eigenvalue weighted by atomic mass is 16.5. The lowest BCUT2D eigenvalue weighted by Crippen LogP contribution is -2.46. The van der Waals surface area contributed by atoms with Crippen LogP contribution in [0, 0.1) is 5.92 Å². The van der Waals surface area contributed by atoms with Gasteiger partial charge >= 0.3 is 0 Å². The Hall–Kier alpha value is -2.83. The van der Waals surface area contributed by atoms with Gasteiger partial charge in [-0.2, -0.15) is 0 Å². The number of nitrogens with zero attached hydrogens (tertiary/aromatic N) is 2. The van der Waals surface area contributed by atoms with Crippen molar-refractivity contribution >= 4 is 11.8 Å². The molecule has 0 bridgehead atoms. The lowest BCUT2D eigenvalue weighted by molar-refractivity contribution is -0.126. The van der Waals surface area contributed by atoms with E-state index in [0.29, 0.717) is 30.6 Å². The summed E-state index contributed by atoms with van der Waals surface area (Å²) in [6, 6.07) is 9.37. The van der Waals surface area contributed by atoms with Crippen molar-refractivity contribution in [2.45, 2.75) is 31.7 Å². The van der Waals surface area contributed by atoms with Crippen molar-refractivity contribution in [3.63, 3.8) is 0 Å². The van der Waals surface area contributed by atoms with Crippen molar-refractivity contribution in [3.8, 4) is 17.1 Å². The summed E-state index contributed by atoms with van der Waals surface area (Å²) in [6.07, 6.45) is 3.76. The number of hydrogen-bond donors (Lipinski definition) is 1. The van der Waals surface area contributed by atoms with Crippen LogP contribution in [0.25, 0.3) is 11.3 Å². The van der Waals surface area contributed by atoms with E-state index in [1.54, 1.807) is 18.1 Å². The summed E-state index contributed by atoms with van der Waals surface area (Å²) in [7, 11) is 1.60. The van der Waals surface area contributed by atoms with E-state index in [1.165, 1.54) is 0 Å². The summed E-state index contributed by atoms with van der Waals surface area (Å²) >= 11 is 0. The molecule has 1 saturated heterocycles. The van der Waals surface area contributed by atoms with Gasteiger partial charge in [0.1, 0.15) is 5.75 Å². The first-order chi connectivity index (χ1) is 13.1. The van der Waals surface area contributed by atoms with E-state index < -0.39 is 0 Å². The molecular formula is C20H23N3O4. The normalized spacial score (nSPS) is 19.6. The zero-order valence-corrected chi connectivity index (χ0v) is 15.3. The highest BCUT2D eigenvalue weighted by Gasteiger charge is 2.33. The fourth-order valence-corrected chi connectivity index (χ4v) is 3.37. The number of aromatic nitrogens is 1. The minimum atomic E-state index is -0.197. The van der Waals surface area contributed by atoms with Crippen LogP contribution in [0.2, 0.25) is 0 Å². The van der Waals surface area contributed by atoms with E-state index in [2.05, 4.69) is 10.5 Å². The number of likely N-dealkylation sites (tertiary alicyclic amines) is 1. The van der Waals surface area contributed by atoms with E-state index >= 15 is 0 Å². The predicted octanol–water partition coefficient (Wildman–Crippen LogP) is 2.48. The van der Waals surface area contributed by atoms with Gasteiger partial charge in [0.2, 0.25) is 5.91 Å². The number of rotatable bonds is 5. The van der Waals surface area contributed by atoms with Gasteiger partial charge in [-0.1, -0.05) is 17.3 Å². The molecule has 1 aliphatic carbocycles. The van der Waals surface area contributed by atoms with Gasteiger partial charge in [-0.05, 0) is 37.8 Å². The molecule has 1 unspecified atom stereocenters. The van der Waals surface area contributed by atoms with Gasteiger partial charge in [0.15, 0.2) is 11.5 Å². The van der Waals surface area contributed by atoms with Crippen molar-refractivity contribution in [1.29, 1.82) is 0 Å². The Morgan fingerprint density at radius 1 is 1.26 bits per heavy atom. The second-order valence-corrected chi connectivity index (χ2v) is 7.18. The van der Waals surface area contributed by atoms with Gasteiger partial charge in [-0.25, -0.2) is 0 Å². The largest absolute Gasteiger partial charge is 0.497 e. The molecular weight excluding hydrogens is 346 g/mol. The van der Waals surface area contributed by atoms with Crippen LogP contribution >= 0.6 is 0 Å². The van der Waals surface area contributed by atoms with E-state index in [4.69, 9.17) is 9.26 Å². The van der Waals surface area contributed by atoms with Crippen molar-refractivity contribution in [3.05, 3.63) is 36.0 Å². The Labute approximate surface area is 157 Å². The number of nitrogens with one attached hydrogen (secondary N) is 1. The first-order valence-electron chi connectivity index (χ1n) is 9.35. The molecule has 2 aliphatic rings. The number of carbonyl (C=O) groups is 2. The van der Waals surface area contributed by atoms with Crippen molar-refractivity contribution < 1.29 is 18.8 Å². The molecule has 1 saturated carbocycles. The average Bonchev–Trinajstić information content (AvgIpc) is 3.39. The molecule has 1 N–H and O–H groups in total. The fraction of sp³-hybridized carbons (Fsp3) is 0.450. The Kier molecular flexibility index (Phi) is 4.83. The van der Waals surface area contributed by atoms with Gasteiger partial charge in [-0.3, -0.25) is 9.59 Å². The molecule has 1 aromatic carbocycles. The minimum absolute atomic E-state index is 0.0622. The summed E-state index contributed by atoms with van der Waals surface area (Å²) in [5, 5.41) is 6.98. The van der Waals surface area contributed by atoms with Crippen LogP contribution in [0.1, 0.15) is 36.2 Å². The van der Waals surface area contributed by atoms with Gasteiger partial charge in [0.05, 0.1) is 13.0 Å². The first kappa shape index (κ1) is 17.6. The number of amides is 2. The van der Waals surface area contributed by atoms with Crippen molar-refractivity contribution in [2.75, 3.05) is 20.2 Å². The quantitative estimate of drug-likeness (QED) is 0.875. The molecule has 0 radical (unpaired) electrons. The number of hydrogen-bond acceptors (Lipinski definition) is 5. The molecule has 4 rings (SSSR count). The number of benzene rings is 1. The van der Waals surface area contributed by atoms with Crippen LogP contribution in [0.3, 0.4) is 0 Å². The maximum absolute atomic E-state index is 12.8.